The minimum atomic E-state index is -3.19. The average Bonchev–Trinajstić information content (AvgIpc) is 2.39. The van der Waals surface area contributed by atoms with Crippen LogP contribution in [0.25, 0.3) is 0 Å². The lowest BCUT2D eigenvalue weighted by atomic mass is 10.2. The summed E-state index contributed by atoms with van der Waals surface area (Å²) in [7, 11) is -1.85. The summed E-state index contributed by atoms with van der Waals surface area (Å²) < 4.78 is 33.0. The number of methoxy groups -OCH3 is 1. The van der Waals surface area contributed by atoms with Crippen molar-refractivity contribution in [2.24, 2.45) is 0 Å². The largest absolute Gasteiger partial charge is 0.493 e. The first-order valence-electron chi connectivity index (χ1n) is 5.74. The molecule has 0 spiro atoms. The van der Waals surface area contributed by atoms with Gasteiger partial charge in [0.15, 0.2) is 21.3 Å². The van der Waals surface area contributed by atoms with Crippen LogP contribution in [0.15, 0.2) is 12.1 Å². The first-order chi connectivity index (χ1) is 9.30. The first-order valence-corrected chi connectivity index (χ1v) is 7.94. The number of sulfone groups is 1. The van der Waals surface area contributed by atoms with Crippen LogP contribution in [0, 0.1) is 0 Å². The summed E-state index contributed by atoms with van der Waals surface area (Å²) in [5, 5.41) is 9.29. The van der Waals surface area contributed by atoms with Crippen molar-refractivity contribution >= 4 is 27.4 Å². The van der Waals surface area contributed by atoms with Crippen LogP contribution < -0.4 is 9.47 Å². The molecule has 0 bridgehead atoms. The highest BCUT2D eigenvalue weighted by Crippen LogP contribution is 2.34. The molecule has 0 radical (unpaired) electrons. The third-order valence-corrected chi connectivity index (χ3v) is 4.44. The van der Waals surface area contributed by atoms with Crippen LogP contribution in [0.3, 0.4) is 0 Å². The Bertz CT molecular complexity index is 596. The summed E-state index contributed by atoms with van der Waals surface area (Å²) in [5.74, 6) is -1.33. The summed E-state index contributed by atoms with van der Waals surface area (Å²) in [5.41, 5.74) is -0.178. The number of aromatic carboxylic acids is 1. The van der Waals surface area contributed by atoms with Crippen LogP contribution in [0.5, 0.6) is 11.5 Å². The molecular formula is C12H15ClO6S. The highest BCUT2D eigenvalue weighted by molar-refractivity contribution is 7.91. The van der Waals surface area contributed by atoms with Crippen molar-refractivity contribution in [3.8, 4) is 11.5 Å². The highest BCUT2D eigenvalue weighted by Gasteiger charge is 2.19. The van der Waals surface area contributed by atoms with Gasteiger partial charge in [0.2, 0.25) is 0 Å². The molecule has 1 aromatic carbocycles. The van der Waals surface area contributed by atoms with Gasteiger partial charge >= 0.3 is 5.97 Å². The number of rotatable bonds is 7. The zero-order valence-corrected chi connectivity index (χ0v) is 12.6. The van der Waals surface area contributed by atoms with E-state index in [2.05, 4.69) is 0 Å². The average molecular weight is 323 g/mol. The summed E-state index contributed by atoms with van der Waals surface area (Å²) >= 11 is 5.78. The van der Waals surface area contributed by atoms with Crippen molar-refractivity contribution in [1.29, 1.82) is 0 Å². The smallest absolute Gasteiger partial charge is 0.339 e. The molecule has 0 amide bonds. The molecule has 0 atom stereocenters. The number of hydrogen-bond donors (Lipinski definition) is 1. The van der Waals surface area contributed by atoms with Gasteiger partial charge in [-0.1, -0.05) is 18.5 Å². The van der Waals surface area contributed by atoms with Crippen molar-refractivity contribution in [3.05, 3.63) is 22.7 Å². The maximum atomic E-state index is 11.4. The fourth-order valence-electron chi connectivity index (χ4n) is 1.44. The molecule has 0 aliphatic carbocycles. The van der Waals surface area contributed by atoms with Gasteiger partial charge in [0.1, 0.15) is 12.2 Å². The van der Waals surface area contributed by atoms with Crippen molar-refractivity contribution in [1.82, 2.24) is 0 Å². The van der Waals surface area contributed by atoms with Gasteiger partial charge in [0.25, 0.3) is 0 Å². The standard InChI is InChI=1S/C12H15ClO6S/c1-3-20(16,17)5-4-19-11-9(12(14)15)6-8(13)7-10(11)18-2/h6-7H,3-5H2,1-2H3,(H,14,15). The number of carbonyl (C=O) groups is 1. The molecule has 0 heterocycles. The molecule has 0 saturated heterocycles. The molecule has 0 aromatic heterocycles. The molecule has 1 N–H and O–H groups in total. The summed E-state index contributed by atoms with van der Waals surface area (Å²) in [6, 6.07) is 2.62. The maximum absolute atomic E-state index is 11.4. The predicted molar refractivity (Wildman–Crippen MR) is 74.8 cm³/mol. The minimum Gasteiger partial charge on any atom is -0.493 e. The lowest BCUT2D eigenvalue weighted by Gasteiger charge is -2.13. The van der Waals surface area contributed by atoms with E-state index in [4.69, 9.17) is 26.2 Å². The third-order valence-electron chi connectivity index (χ3n) is 2.55. The zero-order valence-electron chi connectivity index (χ0n) is 11.1. The Kier molecular flexibility index (Phi) is 5.64. The Hall–Kier alpha value is -1.47. The van der Waals surface area contributed by atoms with Gasteiger partial charge in [0, 0.05) is 16.8 Å². The Labute approximate surface area is 122 Å². The van der Waals surface area contributed by atoms with Crippen molar-refractivity contribution in [2.75, 3.05) is 25.2 Å². The summed E-state index contributed by atoms with van der Waals surface area (Å²) in [6.45, 7) is 1.37. The van der Waals surface area contributed by atoms with Gasteiger partial charge in [-0.05, 0) is 6.07 Å². The Balaban J connectivity index is 3.01. The third kappa shape index (κ3) is 4.28. The summed E-state index contributed by atoms with van der Waals surface area (Å²) in [4.78, 5) is 11.1. The SMILES string of the molecule is CCS(=O)(=O)CCOc1c(OC)cc(Cl)cc1C(=O)O. The fraction of sp³-hybridized carbons (Fsp3) is 0.417. The maximum Gasteiger partial charge on any atom is 0.339 e. The van der Waals surface area contributed by atoms with E-state index in [1.165, 1.54) is 26.2 Å². The van der Waals surface area contributed by atoms with Gasteiger partial charge in [-0.15, -0.1) is 0 Å². The monoisotopic (exact) mass is 322 g/mol. The van der Waals surface area contributed by atoms with E-state index < -0.39 is 15.8 Å². The lowest BCUT2D eigenvalue weighted by Crippen LogP contribution is -2.17. The molecule has 0 aliphatic rings. The molecule has 6 nitrogen and oxygen atoms in total. The van der Waals surface area contributed by atoms with Gasteiger partial charge in [-0.3, -0.25) is 0 Å². The van der Waals surface area contributed by atoms with Crippen LogP contribution in [-0.4, -0.2) is 44.7 Å². The van der Waals surface area contributed by atoms with E-state index in [0.29, 0.717) is 0 Å². The fourth-order valence-corrected chi connectivity index (χ4v) is 2.28. The second kappa shape index (κ2) is 6.81. The molecule has 8 heteroatoms. The number of ether oxygens (including phenoxy) is 2. The van der Waals surface area contributed by atoms with Gasteiger partial charge < -0.3 is 14.6 Å². The van der Waals surface area contributed by atoms with Crippen LogP contribution >= 0.6 is 11.6 Å². The molecule has 0 fully saturated rings. The quantitative estimate of drug-likeness (QED) is 0.824. The molecular weight excluding hydrogens is 308 g/mol. The lowest BCUT2D eigenvalue weighted by molar-refractivity contribution is 0.0691. The molecule has 1 rings (SSSR count). The second-order valence-corrected chi connectivity index (χ2v) is 6.78. The number of carboxylic acid groups (broad SMARTS) is 1. The van der Waals surface area contributed by atoms with Gasteiger partial charge in [0.05, 0.1) is 12.9 Å². The molecule has 0 aliphatic heterocycles. The van der Waals surface area contributed by atoms with Crippen LogP contribution in [-0.2, 0) is 9.84 Å². The second-order valence-electron chi connectivity index (χ2n) is 3.87. The van der Waals surface area contributed by atoms with E-state index in [1.54, 1.807) is 0 Å². The Morgan fingerprint density at radius 2 is 2.05 bits per heavy atom. The zero-order chi connectivity index (χ0) is 15.3. The van der Waals surface area contributed by atoms with Crippen LogP contribution in [0.2, 0.25) is 5.02 Å². The topological polar surface area (TPSA) is 89.9 Å². The molecule has 1 aromatic rings. The normalized spacial score (nSPS) is 11.2. The van der Waals surface area contributed by atoms with E-state index in [-0.39, 0.29) is 40.2 Å². The van der Waals surface area contributed by atoms with E-state index >= 15 is 0 Å². The Morgan fingerprint density at radius 1 is 1.40 bits per heavy atom. The first kappa shape index (κ1) is 16.6. The van der Waals surface area contributed by atoms with Gasteiger partial charge in [-0.25, -0.2) is 13.2 Å². The van der Waals surface area contributed by atoms with Gasteiger partial charge in [-0.2, -0.15) is 0 Å². The van der Waals surface area contributed by atoms with Crippen LogP contribution in [0.4, 0.5) is 0 Å². The summed E-state index contributed by atoms with van der Waals surface area (Å²) in [6.07, 6.45) is 0. The van der Waals surface area contributed by atoms with E-state index in [9.17, 15) is 13.2 Å². The minimum absolute atomic E-state index is 0.0000988. The molecule has 20 heavy (non-hydrogen) atoms. The predicted octanol–water partition coefficient (Wildman–Crippen LogP) is 1.86. The van der Waals surface area contributed by atoms with Crippen molar-refractivity contribution < 1.29 is 27.8 Å². The molecule has 0 saturated carbocycles. The highest BCUT2D eigenvalue weighted by atomic mass is 35.5. The number of benzene rings is 1. The van der Waals surface area contributed by atoms with Crippen molar-refractivity contribution in [2.45, 2.75) is 6.92 Å². The number of carboxylic acids is 1. The number of hydrogen-bond acceptors (Lipinski definition) is 5. The Morgan fingerprint density at radius 3 is 2.55 bits per heavy atom. The van der Waals surface area contributed by atoms with E-state index in [0.717, 1.165) is 0 Å². The van der Waals surface area contributed by atoms with E-state index in [1.807, 2.05) is 0 Å². The molecule has 0 unspecified atom stereocenters. The van der Waals surface area contributed by atoms with Crippen LogP contribution in [0.1, 0.15) is 17.3 Å². The number of halogens is 1. The van der Waals surface area contributed by atoms with Crippen molar-refractivity contribution in [3.63, 3.8) is 0 Å². The molecule has 112 valence electrons.